The zero-order valence-electron chi connectivity index (χ0n) is 17.8. The molecule has 0 aliphatic heterocycles. The number of thiophene rings is 1. The predicted molar refractivity (Wildman–Crippen MR) is 131 cm³/mol. The first-order valence-corrected chi connectivity index (χ1v) is 11.3. The summed E-state index contributed by atoms with van der Waals surface area (Å²) in [5.74, 6) is -0.104. The highest BCUT2D eigenvalue weighted by Gasteiger charge is 2.20. The lowest BCUT2D eigenvalue weighted by Crippen LogP contribution is -2.30. The molecule has 3 aromatic carbocycles. The van der Waals surface area contributed by atoms with Crippen molar-refractivity contribution in [3.63, 3.8) is 0 Å². The van der Waals surface area contributed by atoms with Gasteiger partial charge in [-0.2, -0.15) is 0 Å². The molecule has 0 unspecified atom stereocenters. The summed E-state index contributed by atoms with van der Waals surface area (Å²) in [7, 11) is 0. The molecule has 0 spiro atoms. The lowest BCUT2D eigenvalue weighted by Gasteiger charge is -2.23. The van der Waals surface area contributed by atoms with Gasteiger partial charge in [0.1, 0.15) is 0 Å². The Morgan fingerprint density at radius 2 is 1.56 bits per heavy atom. The highest BCUT2D eigenvalue weighted by atomic mass is 32.1. The molecule has 4 aromatic rings. The minimum absolute atomic E-state index is 0.0298. The smallest absolute Gasteiger partial charge is 0.268 e. The third-order valence-corrected chi connectivity index (χ3v) is 6.09. The first-order chi connectivity index (χ1) is 15.6. The zero-order valence-corrected chi connectivity index (χ0v) is 18.6. The lowest BCUT2D eigenvalue weighted by molar-refractivity contribution is -0.115. The number of nitrogens with zero attached hydrogens (tertiary/aromatic N) is 1. The molecule has 0 saturated heterocycles. The van der Waals surface area contributed by atoms with E-state index in [1.54, 1.807) is 4.90 Å². The molecule has 5 heteroatoms. The summed E-state index contributed by atoms with van der Waals surface area (Å²) in [6, 6.07) is 28.9. The molecule has 4 nitrogen and oxygen atoms in total. The Bertz CT molecular complexity index is 1190. The van der Waals surface area contributed by atoms with Crippen LogP contribution in [-0.2, 0) is 17.8 Å². The summed E-state index contributed by atoms with van der Waals surface area (Å²) in [5, 5.41) is 4.81. The molecule has 0 atom stereocenters. The van der Waals surface area contributed by atoms with E-state index >= 15 is 0 Å². The molecule has 4 rings (SSSR count). The second kappa shape index (κ2) is 10.1. The SMILES string of the molecule is Cc1ccccc1CN(C(=O)c1cccs1)c1ccc(CC(=O)Nc2ccccc2)cc1. The van der Waals surface area contributed by atoms with Crippen molar-refractivity contribution in [2.24, 2.45) is 0 Å². The van der Waals surface area contributed by atoms with Crippen molar-refractivity contribution in [3.05, 3.63) is 118 Å². The largest absolute Gasteiger partial charge is 0.326 e. The van der Waals surface area contributed by atoms with E-state index in [9.17, 15) is 9.59 Å². The fourth-order valence-electron chi connectivity index (χ4n) is 3.48. The lowest BCUT2D eigenvalue weighted by atomic mass is 10.1. The average Bonchev–Trinajstić information content (AvgIpc) is 3.34. The van der Waals surface area contributed by atoms with Crippen LogP contribution in [0.2, 0.25) is 0 Å². The van der Waals surface area contributed by atoms with Crippen molar-refractivity contribution >= 4 is 34.5 Å². The predicted octanol–water partition coefficient (Wildman–Crippen LogP) is 6.08. The summed E-state index contributed by atoms with van der Waals surface area (Å²) in [6.45, 7) is 2.54. The summed E-state index contributed by atoms with van der Waals surface area (Å²) < 4.78 is 0. The first kappa shape index (κ1) is 21.5. The van der Waals surface area contributed by atoms with E-state index in [1.165, 1.54) is 11.3 Å². The number of benzene rings is 3. The molecule has 32 heavy (non-hydrogen) atoms. The third kappa shape index (κ3) is 5.31. The van der Waals surface area contributed by atoms with Gasteiger partial charge in [-0.3, -0.25) is 9.59 Å². The Balaban J connectivity index is 1.52. The van der Waals surface area contributed by atoms with Crippen LogP contribution >= 0.6 is 11.3 Å². The van der Waals surface area contributed by atoms with Gasteiger partial charge in [-0.05, 0) is 59.3 Å². The highest BCUT2D eigenvalue weighted by Crippen LogP contribution is 2.24. The molecule has 0 bridgehead atoms. The second-order valence-corrected chi connectivity index (χ2v) is 8.50. The Hall–Kier alpha value is -3.70. The Morgan fingerprint density at radius 1 is 0.844 bits per heavy atom. The minimum Gasteiger partial charge on any atom is -0.326 e. The molecule has 0 radical (unpaired) electrons. The number of hydrogen-bond donors (Lipinski definition) is 1. The monoisotopic (exact) mass is 440 g/mol. The summed E-state index contributed by atoms with van der Waals surface area (Å²) in [4.78, 5) is 28.1. The van der Waals surface area contributed by atoms with Gasteiger partial charge >= 0.3 is 0 Å². The Kier molecular flexibility index (Phi) is 6.78. The molecule has 160 valence electrons. The fourth-order valence-corrected chi connectivity index (χ4v) is 4.15. The Morgan fingerprint density at radius 3 is 2.25 bits per heavy atom. The summed E-state index contributed by atoms with van der Waals surface area (Å²) in [6.07, 6.45) is 0.270. The van der Waals surface area contributed by atoms with E-state index in [-0.39, 0.29) is 18.2 Å². The zero-order chi connectivity index (χ0) is 22.3. The molecular weight excluding hydrogens is 416 g/mol. The van der Waals surface area contributed by atoms with Crippen molar-refractivity contribution in [2.45, 2.75) is 19.9 Å². The van der Waals surface area contributed by atoms with E-state index in [1.807, 2.05) is 90.3 Å². The van der Waals surface area contributed by atoms with Gasteiger partial charge in [-0.1, -0.05) is 60.7 Å². The van der Waals surface area contributed by atoms with E-state index in [2.05, 4.69) is 18.3 Å². The first-order valence-electron chi connectivity index (χ1n) is 10.4. The number of anilines is 2. The van der Waals surface area contributed by atoms with Crippen LogP contribution in [0.25, 0.3) is 0 Å². The molecular formula is C27H24N2O2S. The minimum atomic E-state index is -0.0737. The quantitative estimate of drug-likeness (QED) is 0.378. The van der Waals surface area contributed by atoms with Gasteiger partial charge in [0.25, 0.3) is 5.91 Å². The van der Waals surface area contributed by atoms with Crippen molar-refractivity contribution < 1.29 is 9.59 Å². The van der Waals surface area contributed by atoms with Crippen LogP contribution in [0.5, 0.6) is 0 Å². The molecule has 1 aromatic heterocycles. The second-order valence-electron chi connectivity index (χ2n) is 7.55. The number of carbonyl (C=O) groups excluding carboxylic acids is 2. The third-order valence-electron chi connectivity index (χ3n) is 5.24. The number of carbonyl (C=O) groups is 2. The van der Waals surface area contributed by atoms with Crippen LogP contribution in [0.15, 0.2) is 96.4 Å². The maximum atomic E-state index is 13.3. The highest BCUT2D eigenvalue weighted by molar-refractivity contribution is 7.12. The number of nitrogens with one attached hydrogen (secondary N) is 1. The number of rotatable bonds is 7. The van der Waals surface area contributed by atoms with Gasteiger partial charge in [-0.15, -0.1) is 11.3 Å². The van der Waals surface area contributed by atoms with Crippen molar-refractivity contribution in [1.82, 2.24) is 0 Å². The van der Waals surface area contributed by atoms with Crippen LogP contribution in [0, 0.1) is 6.92 Å². The molecule has 2 amide bonds. The van der Waals surface area contributed by atoms with Crippen molar-refractivity contribution in [2.75, 3.05) is 10.2 Å². The van der Waals surface area contributed by atoms with Crippen molar-refractivity contribution in [1.29, 1.82) is 0 Å². The van der Waals surface area contributed by atoms with Crippen LogP contribution in [0.3, 0.4) is 0 Å². The molecule has 0 aliphatic carbocycles. The van der Waals surface area contributed by atoms with Gasteiger partial charge in [0.05, 0.1) is 17.8 Å². The maximum Gasteiger partial charge on any atom is 0.268 e. The maximum absolute atomic E-state index is 13.3. The average molecular weight is 441 g/mol. The normalized spacial score (nSPS) is 10.5. The molecule has 0 saturated carbocycles. The van der Waals surface area contributed by atoms with Crippen LogP contribution in [0.4, 0.5) is 11.4 Å². The van der Waals surface area contributed by atoms with Gasteiger partial charge < -0.3 is 10.2 Å². The topological polar surface area (TPSA) is 49.4 Å². The van der Waals surface area contributed by atoms with E-state index < -0.39 is 0 Å². The number of amides is 2. The van der Waals surface area contributed by atoms with Crippen LogP contribution in [-0.4, -0.2) is 11.8 Å². The summed E-state index contributed by atoms with van der Waals surface area (Å²) in [5.41, 5.74) is 4.72. The fraction of sp³-hybridized carbons (Fsp3) is 0.111. The molecule has 0 aliphatic rings. The molecule has 0 fully saturated rings. The summed E-state index contributed by atoms with van der Waals surface area (Å²) >= 11 is 1.44. The molecule has 1 N–H and O–H groups in total. The number of hydrogen-bond acceptors (Lipinski definition) is 3. The number of aryl methyl sites for hydroxylation is 1. The molecule has 1 heterocycles. The Labute approximate surface area is 192 Å². The van der Waals surface area contributed by atoms with Gasteiger partial charge in [0.15, 0.2) is 0 Å². The standard InChI is InChI=1S/C27H24N2O2S/c1-20-8-5-6-9-22(20)19-29(27(31)25-12-7-17-32-25)24-15-13-21(14-16-24)18-26(30)28-23-10-3-2-4-11-23/h2-17H,18-19H2,1H3,(H,28,30). The van der Waals surface area contributed by atoms with E-state index in [0.717, 1.165) is 28.1 Å². The van der Waals surface area contributed by atoms with Gasteiger partial charge in [0, 0.05) is 11.4 Å². The van der Waals surface area contributed by atoms with Gasteiger partial charge in [0.2, 0.25) is 5.91 Å². The van der Waals surface area contributed by atoms with Gasteiger partial charge in [-0.25, -0.2) is 0 Å². The van der Waals surface area contributed by atoms with Crippen LogP contribution < -0.4 is 10.2 Å². The van der Waals surface area contributed by atoms with E-state index in [0.29, 0.717) is 11.4 Å². The van der Waals surface area contributed by atoms with Crippen LogP contribution in [0.1, 0.15) is 26.4 Å². The van der Waals surface area contributed by atoms with Crippen molar-refractivity contribution in [3.8, 4) is 0 Å². The number of para-hydroxylation sites is 1. The van der Waals surface area contributed by atoms with E-state index in [4.69, 9.17) is 0 Å².